The van der Waals surface area contributed by atoms with Crippen molar-refractivity contribution in [1.82, 2.24) is 4.57 Å². The lowest BCUT2D eigenvalue weighted by atomic mass is 10.0. The number of aryl methyl sites for hydroxylation is 1. The van der Waals surface area contributed by atoms with Gasteiger partial charge in [0.1, 0.15) is 11.5 Å². The van der Waals surface area contributed by atoms with Crippen molar-refractivity contribution in [3.8, 4) is 22.6 Å². The van der Waals surface area contributed by atoms with Gasteiger partial charge in [-0.3, -0.25) is 0 Å². The van der Waals surface area contributed by atoms with E-state index in [1.807, 2.05) is 43.4 Å². The summed E-state index contributed by atoms with van der Waals surface area (Å²) in [6.07, 6.45) is 0. The van der Waals surface area contributed by atoms with Crippen LogP contribution in [0.3, 0.4) is 0 Å². The topological polar surface area (TPSA) is 34.4 Å². The second-order valence-corrected chi connectivity index (χ2v) is 4.95. The fraction of sp³-hybridized carbons (Fsp3) is 0.176. The Kier molecular flexibility index (Phi) is 2.90. The summed E-state index contributed by atoms with van der Waals surface area (Å²) < 4.78 is 7.35. The molecule has 0 aliphatic rings. The zero-order valence-corrected chi connectivity index (χ0v) is 11.8. The molecular formula is C17H17NO2. The fourth-order valence-electron chi connectivity index (χ4n) is 2.68. The second kappa shape index (κ2) is 4.60. The number of aromatic hydroxyl groups is 1. The standard InChI is InChI=1S/C17H17NO2/c1-11-17(12-4-7-14(20-3)8-5-12)15-10-13(19)6-9-16(15)18(11)2/h4-10,19H,1-3H3. The van der Waals surface area contributed by atoms with E-state index in [9.17, 15) is 5.11 Å². The average Bonchev–Trinajstić information content (AvgIpc) is 2.71. The maximum atomic E-state index is 9.75. The molecule has 1 aromatic heterocycles. The lowest BCUT2D eigenvalue weighted by Gasteiger charge is -2.05. The maximum absolute atomic E-state index is 9.75. The molecule has 3 nitrogen and oxygen atoms in total. The number of methoxy groups -OCH3 is 1. The third-order valence-electron chi connectivity index (χ3n) is 3.85. The molecule has 0 unspecified atom stereocenters. The largest absolute Gasteiger partial charge is 0.508 e. The highest BCUT2D eigenvalue weighted by Gasteiger charge is 2.14. The van der Waals surface area contributed by atoms with Crippen molar-refractivity contribution < 1.29 is 9.84 Å². The highest BCUT2D eigenvalue weighted by atomic mass is 16.5. The Morgan fingerprint density at radius 2 is 1.75 bits per heavy atom. The van der Waals surface area contributed by atoms with Crippen LogP contribution in [0.5, 0.6) is 11.5 Å². The summed E-state index contributed by atoms with van der Waals surface area (Å²) in [4.78, 5) is 0. The third kappa shape index (κ3) is 1.83. The first-order chi connectivity index (χ1) is 9.61. The molecule has 0 saturated heterocycles. The molecule has 0 atom stereocenters. The number of hydrogen-bond acceptors (Lipinski definition) is 2. The summed E-state index contributed by atoms with van der Waals surface area (Å²) in [5.41, 5.74) is 4.57. The molecule has 1 N–H and O–H groups in total. The van der Waals surface area contributed by atoms with Gasteiger partial charge in [0.2, 0.25) is 0 Å². The van der Waals surface area contributed by atoms with Crippen molar-refractivity contribution in [1.29, 1.82) is 0 Å². The van der Waals surface area contributed by atoms with Gasteiger partial charge in [-0.05, 0) is 42.8 Å². The Morgan fingerprint density at radius 1 is 1.05 bits per heavy atom. The Morgan fingerprint density at radius 3 is 2.40 bits per heavy atom. The number of hydrogen-bond donors (Lipinski definition) is 1. The van der Waals surface area contributed by atoms with Gasteiger partial charge >= 0.3 is 0 Å². The monoisotopic (exact) mass is 267 g/mol. The van der Waals surface area contributed by atoms with Crippen LogP contribution in [0, 0.1) is 6.92 Å². The van der Waals surface area contributed by atoms with Crippen LogP contribution in [-0.4, -0.2) is 16.8 Å². The van der Waals surface area contributed by atoms with E-state index < -0.39 is 0 Å². The SMILES string of the molecule is COc1ccc(-c2c(C)n(C)c3ccc(O)cc23)cc1. The Balaban J connectivity index is 2.28. The first-order valence-electron chi connectivity index (χ1n) is 6.54. The first kappa shape index (κ1) is 12.6. The number of ether oxygens (including phenoxy) is 1. The maximum Gasteiger partial charge on any atom is 0.118 e. The lowest BCUT2D eigenvalue weighted by Crippen LogP contribution is -1.90. The van der Waals surface area contributed by atoms with E-state index in [1.54, 1.807) is 13.2 Å². The van der Waals surface area contributed by atoms with Crippen molar-refractivity contribution >= 4 is 10.9 Å². The predicted molar refractivity (Wildman–Crippen MR) is 81.3 cm³/mol. The zero-order chi connectivity index (χ0) is 14.3. The van der Waals surface area contributed by atoms with Gasteiger partial charge in [0, 0.05) is 29.2 Å². The molecule has 3 heteroatoms. The Hall–Kier alpha value is -2.42. The van der Waals surface area contributed by atoms with Crippen LogP contribution >= 0.6 is 0 Å². The van der Waals surface area contributed by atoms with Crippen molar-refractivity contribution in [2.75, 3.05) is 7.11 Å². The van der Waals surface area contributed by atoms with Gasteiger partial charge in [0.15, 0.2) is 0 Å². The molecule has 0 fully saturated rings. The number of aromatic nitrogens is 1. The fourth-order valence-corrected chi connectivity index (χ4v) is 2.68. The zero-order valence-electron chi connectivity index (χ0n) is 11.8. The molecule has 0 amide bonds. The van der Waals surface area contributed by atoms with E-state index in [0.29, 0.717) is 0 Å². The quantitative estimate of drug-likeness (QED) is 0.765. The molecule has 0 saturated carbocycles. The van der Waals surface area contributed by atoms with E-state index >= 15 is 0 Å². The first-order valence-corrected chi connectivity index (χ1v) is 6.54. The van der Waals surface area contributed by atoms with E-state index in [2.05, 4.69) is 11.5 Å². The smallest absolute Gasteiger partial charge is 0.118 e. The molecule has 1 heterocycles. The van der Waals surface area contributed by atoms with E-state index in [1.165, 1.54) is 5.69 Å². The van der Waals surface area contributed by atoms with Crippen LogP contribution in [0.4, 0.5) is 0 Å². The Labute approximate surface area is 118 Å². The number of phenolic OH excluding ortho intramolecular Hbond substituents is 1. The van der Waals surface area contributed by atoms with Crippen molar-refractivity contribution in [3.63, 3.8) is 0 Å². The van der Waals surface area contributed by atoms with Crippen LogP contribution in [0.2, 0.25) is 0 Å². The highest BCUT2D eigenvalue weighted by molar-refractivity contribution is 5.98. The van der Waals surface area contributed by atoms with Crippen LogP contribution in [0.1, 0.15) is 5.69 Å². The van der Waals surface area contributed by atoms with E-state index in [-0.39, 0.29) is 5.75 Å². The molecule has 20 heavy (non-hydrogen) atoms. The summed E-state index contributed by atoms with van der Waals surface area (Å²) in [5, 5.41) is 10.8. The van der Waals surface area contributed by atoms with Crippen LogP contribution < -0.4 is 4.74 Å². The number of nitrogens with zero attached hydrogens (tertiary/aromatic N) is 1. The molecule has 0 spiro atoms. The average molecular weight is 267 g/mol. The summed E-state index contributed by atoms with van der Waals surface area (Å²) in [6.45, 7) is 2.09. The highest BCUT2D eigenvalue weighted by Crippen LogP contribution is 2.36. The van der Waals surface area contributed by atoms with E-state index in [0.717, 1.165) is 27.8 Å². The lowest BCUT2D eigenvalue weighted by molar-refractivity contribution is 0.415. The van der Waals surface area contributed by atoms with Crippen LogP contribution in [0.25, 0.3) is 22.0 Å². The van der Waals surface area contributed by atoms with E-state index in [4.69, 9.17) is 4.74 Å². The third-order valence-corrected chi connectivity index (χ3v) is 3.85. The van der Waals surface area contributed by atoms with Gasteiger partial charge in [-0.1, -0.05) is 12.1 Å². The van der Waals surface area contributed by atoms with Crippen molar-refractivity contribution in [3.05, 3.63) is 48.2 Å². The summed E-state index contributed by atoms with van der Waals surface area (Å²) in [7, 11) is 3.71. The van der Waals surface area contributed by atoms with Gasteiger partial charge < -0.3 is 14.4 Å². The minimum Gasteiger partial charge on any atom is -0.508 e. The van der Waals surface area contributed by atoms with Crippen molar-refractivity contribution in [2.24, 2.45) is 7.05 Å². The number of fused-ring (bicyclic) bond motifs is 1. The van der Waals surface area contributed by atoms with Gasteiger partial charge in [-0.15, -0.1) is 0 Å². The van der Waals surface area contributed by atoms with Gasteiger partial charge in [0.05, 0.1) is 7.11 Å². The van der Waals surface area contributed by atoms with Gasteiger partial charge in [0.25, 0.3) is 0 Å². The molecule has 2 aromatic carbocycles. The molecule has 0 bridgehead atoms. The molecular weight excluding hydrogens is 250 g/mol. The number of benzene rings is 2. The summed E-state index contributed by atoms with van der Waals surface area (Å²) >= 11 is 0. The van der Waals surface area contributed by atoms with Gasteiger partial charge in [-0.2, -0.15) is 0 Å². The predicted octanol–water partition coefficient (Wildman–Crippen LogP) is 3.87. The summed E-state index contributed by atoms with van der Waals surface area (Å²) in [6, 6.07) is 13.5. The number of rotatable bonds is 2. The minimum atomic E-state index is 0.290. The molecule has 3 rings (SSSR count). The Bertz CT molecular complexity index is 770. The minimum absolute atomic E-state index is 0.290. The molecule has 3 aromatic rings. The normalized spacial score (nSPS) is 10.9. The molecule has 0 aliphatic carbocycles. The second-order valence-electron chi connectivity index (χ2n) is 4.95. The summed E-state index contributed by atoms with van der Waals surface area (Å²) in [5.74, 6) is 1.13. The van der Waals surface area contributed by atoms with Gasteiger partial charge in [-0.25, -0.2) is 0 Å². The molecule has 102 valence electrons. The van der Waals surface area contributed by atoms with Crippen molar-refractivity contribution in [2.45, 2.75) is 6.92 Å². The molecule has 0 aliphatic heterocycles. The van der Waals surface area contributed by atoms with Crippen LogP contribution in [0.15, 0.2) is 42.5 Å². The molecule has 0 radical (unpaired) electrons. The van der Waals surface area contributed by atoms with Crippen LogP contribution in [-0.2, 0) is 7.05 Å². The number of phenols is 1.